The van der Waals surface area contributed by atoms with Crippen LogP contribution in [-0.4, -0.2) is 21.3 Å². The van der Waals surface area contributed by atoms with Gasteiger partial charge >= 0.3 is 0 Å². The third-order valence-corrected chi connectivity index (χ3v) is 3.22. The van der Waals surface area contributed by atoms with Crippen molar-refractivity contribution < 1.29 is 0 Å². The largest absolute Gasteiger partial charge is 0.311 e. The molecule has 0 bridgehead atoms. The first kappa shape index (κ1) is 14.2. The van der Waals surface area contributed by atoms with Gasteiger partial charge in [-0.3, -0.25) is 4.68 Å². The average Bonchev–Trinajstić information content (AvgIpc) is 2.82. The highest BCUT2D eigenvalue weighted by Gasteiger charge is 2.09. The van der Waals surface area contributed by atoms with E-state index in [4.69, 9.17) is 0 Å². The average molecular weight is 273 g/mol. The second-order valence-electron chi connectivity index (χ2n) is 3.71. The quantitative estimate of drug-likeness (QED) is 0.929. The predicted octanol–water partition coefficient (Wildman–Crippen LogP) is 2.38. The van der Waals surface area contributed by atoms with E-state index in [9.17, 15) is 0 Å². The molecule has 0 aliphatic rings. The fourth-order valence-electron chi connectivity index (χ4n) is 1.60. The van der Waals surface area contributed by atoms with Gasteiger partial charge in [0.1, 0.15) is 5.01 Å². The predicted molar refractivity (Wildman–Crippen MR) is 73.7 cm³/mol. The first-order valence-electron chi connectivity index (χ1n) is 5.36. The highest BCUT2D eigenvalue weighted by atomic mass is 35.5. The molecule has 2 aromatic heterocycles. The van der Waals surface area contributed by atoms with Crippen LogP contribution in [0.1, 0.15) is 17.6 Å². The molecule has 0 saturated heterocycles. The first-order valence-corrected chi connectivity index (χ1v) is 6.24. The minimum atomic E-state index is 0. The summed E-state index contributed by atoms with van der Waals surface area (Å²) in [6, 6.07) is 0. The molecule has 0 amide bonds. The zero-order valence-corrected chi connectivity index (χ0v) is 11.9. The van der Waals surface area contributed by atoms with Crippen molar-refractivity contribution in [3.63, 3.8) is 0 Å². The van der Waals surface area contributed by atoms with Crippen LogP contribution in [0.2, 0.25) is 0 Å². The molecule has 2 heterocycles. The van der Waals surface area contributed by atoms with E-state index in [0.29, 0.717) is 0 Å². The lowest BCUT2D eigenvalue weighted by atomic mass is 10.2. The molecular weight excluding hydrogens is 256 g/mol. The van der Waals surface area contributed by atoms with Crippen LogP contribution in [-0.2, 0) is 13.6 Å². The fraction of sp³-hybridized carbons (Fsp3) is 0.455. The molecule has 6 heteroatoms. The summed E-state index contributed by atoms with van der Waals surface area (Å²) in [6.07, 6.45) is 2.02. The van der Waals surface area contributed by atoms with Crippen molar-refractivity contribution in [2.45, 2.75) is 20.4 Å². The van der Waals surface area contributed by atoms with Crippen molar-refractivity contribution in [1.82, 2.24) is 20.1 Å². The van der Waals surface area contributed by atoms with Gasteiger partial charge in [-0.25, -0.2) is 4.98 Å². The summed E-state index contributed by atoms with van der Waals surface area (Å²) in [5.41, 5.74) is 3.19. The Bertz CT molecular complexity index is 478. The molecule has 4 nitrogen and oxygen atoms in total. The maximum atomic E-state index is 4.59. The summed E-state index contributed by atoms with van der Waals surface area (Å²) in [6.45, 7) is 5.93. The van der Waals surface area contributed by atoms with Gasteiger partial charge in [-0.15, -0.1) is 23.7 Å². The molecule has 0 unspecified atom stereocenters. The van der Waals surface area contributed by atoms with Crippen LogP contribution in [0.5, 0.6) is 0 Å². The minimum Gasteiger partial charge on any atom is -0.311 e. The van der Waals surface area contributed by atoms with Gasteiger partial charge < -0.3 is 5.32 Å². The van der Waals surface area contributed by atoms with E-state index in [1.165, 1.54) is 0 Å². The third-order valence-electron chi connectivity index (χ3n) is 2.37. The van der Waals surface area contributed by atoms with Crippen molar-refractivity contribution in [3.05, 3.63) is 22.3 Å². The Balaban J connectivity index is 0.00000144. The number of rotatable bonds is 4. The number of aromatic nitrogens is 3. The Morgan fingerprint density at radius 1 is 1.47 bits per heavy atom. The lowest BCUT2D eigenvalue weighted by Gasteiger charge is -1.95. The smallest absolute Gasteiger partial charge is 0.107 e. The molecule has 0 aromatic carbocycles. The zero-order chi connectivity index (χ0) is 11.5. The Hall–Kier alpha value is -0.910. The van der Waals surface area contributed by atoms with Crippen molar-refractivity contribution in [1.29, 1.82) is 0 Å². The summed E-state index contributed by atoms with van der Waals surface area (Å²) in [5.74, 6) is 0. The van der Waals surface area contributed by atoms with Crippen LogP contribution in [0.3, 0.4) is 0 Å². The van der Waals surface area contributed by atoms with Gasteiger partial charge in [0.05, 0.1) is 11.4 Å². The van der Waals surface area contributed by atoms with Crippen LogP contribution in [0.4, 0.5) is 0 Å². The van der Waals surface area contributed by atoms with E-state index in [0.717, 1.165) is 35.0 Å². The van der Waals surface area contributed by atoms with E-state index in [1.54, 1.807) is 11.3 Å². The Morgan fingerprint density at radius 3 is 2.82 bits per heavy atom. The van der Waals surface area contributed by atoms with E-state index in [2.05, 4.69) is 27.7 Å². The van der Waals surface area contributed by atoms with Crippen molar-refractivity contribution in [2.75, 3.05) is 6.54 Å². The minimum absolute atomic E-state index is 0. The van der Waals surface area contributed by atoms with Gasteiger partial charge in [-0.2, -0.15) is 5.10 Å². The molecule has 0 fully saturated rings. The second kappa shape index (κ2) is 6.14. The summed E-state index contributed by atoms with van der Waals surface area (Å²) in [7, 11) is 1.93. The van der Waals surface area contributed by atoms with Gasteiger partial charge in [0, 0.05) is 30.7 Å². The summed E-state index contributed by atoms with van der Waals surface area (Å²) in [5, 5.41) is 10.8. The standard InChI is InChI=1S/C11H16N4S.ClH/c1-4-12-5-11-13-10(7-16-11)9-6-15(3)14-8(9)2;/h6-7,12H,4-5H2,1-3H3;1H. The van der Waals surface area contributed by atoms with Crippen LogP contribution in [0.15, 0.2) is 11.6 Å². The number of nitrogens with one attached hydrogen (secondary N) is 1. The molecule has 0 aliphatic heterocycles. The van der Waals surface area contributed by atoms with Crippen molar-refractivity contribution in [3.8, 4) is 11.3 Å². The maximum absolute atomic E-state index is 4.59. The normalized spacial score (nSPS) is 10.3. The molecule has 0 saturated carbocycles. The van der Waals surface area contributed by atoms with Gasteiger partial charge in [0.25, 0.3) is 0 Å². The molecule has 94 valence electrons. The third kappa shape index (κ3) is 3.28. The van der Waals surface area contributed by atoms with E-state index >= 15 is 0 Å². The highest BCUT2D eigenvalue weighted by Crippen LogP contribution is 2.23. The van der Waals surface area contributed by atoms with Crippen LogP contribution >= 0.6 is 23.7 Å². The van der Waals surface area contributed by atoms with E-state index in [-0.39, 0.29) is 12.4 Å². The summed E-state index contributed by atoms with van der Waals surface area (Å²) in [4.78, 5) is 4.59. The molecular formula is C11H17ClN4S. The molecule has 0 aliphatic carbocycles. The number of thiazole rings is 1. The highest BCUT2D eigenvalue weighted by molar-refractivity contribution is 7.09. The molecule has 0 spiro atoms. The summed E-state index contributed by atoms with van der Waals surface area (Å²) < 4.78 is 1.83. The van der Waals surface area contributed by atoms with Crippen molar-refractivity contribution in [2.24, 2.45) is 7.05 Å². The molecule has 2 rings (SSSR count). The molecule has 1 N–H and O–H groups in total. The Labute approximate surface area is 111 Å². The second-order valence-corrected chi connectivity index (χ2v) is 4.65. The number of hydrogen-bond acceptors (Lipinski definition) is 4. The molecule has 0 atom stereocenters. The lowest BCUT2D eigenvalue weighted by Crippen LogP contribution is -2.11. The first-order chi connectivity index (χ1) is 7.70. The van der Waals surface area contributed by atoms with E-state index < -0.39 is 0 Å². The lowest BCUT2D eigenvalue weighted by molar-refractivity contribution is 0.723. The number of hydrogen-bond donors (Lipinski definition) is 1. The van der Waals surface area contributed by atoms with Crippen LogP contribution < -0.4 is 5.32 Å². The van der Waals surface area contributed by atoms with Crippen LogP contribution in [0.25, 0.3) is 11.3 Å². The monoisotopic (exact) mass is 272 g/mol. The van der Waals surface area contributed by atoms with Gasteiger partial charge in [0.2, 0.25) is 0 Å². The van der Waals surface area contributed by atoms with E-state index in [1.807, 2.05) is 24.9 Å². The topological polar surface area (TPSA) is 42.7 Å². The summed E-state index contributed by atoms with van der Waals surface area (Å²) >= 11 is 1.69. The van der Waals surface area contributed by atoms with Crippen LogP contribution in [0, 0.1) is 6.92 Å². The number of aryl methyl sites for hydroxylation is 2. The van der Waals surface area contributed by atoms with Gasteiger partial charge in [-0.05, 0) is 13.5 Å². The fourth-order valence-corrected chi connectivity index (χ4v) is 2.36. The Morgan fingerprint density at radius 2 is 2.24 bits per heavy atom. The SMILES string of the molecule is CCNCc1nc(-c2cn(C)nc2C)cs1.Cl. The Kier molecular flexibility index (Phi) is 5.11. The molecule has 0 radical (unpaired) electrons. The number of nitrogens with zero attached hydrogens (tertiary/aromatic N) is 3. The maximum Gasteiger partial charge on any atom is 0.107 e. The molecule has 17 heavy (non-hydrogen) atoms. The molecule has 2 aromatic rings. The van der Waals surface area contributed by atoms with Gasteiger partial charge in [0.15, 0.2) is 0 Å². The van der Waals surface area contributed by atoms with Crippen molar-refractivity contribution >= 4 is 23.7 Å². The zero-order valence-electron chi connectivity index (χ0n) is 10.2. The van der Waals surface area contributed by atoms with Gasteiger partial charge in [-0.1, -0.05) is 6.92 Å². The number of halogens is 1.